The molecule has 7 heteroatoms. The average molecular weight is 539 g/mol. The highest BCUT2D eigenvalue weighted by Crippen LogP contribution is 2.48. The summed E-state index contributed by atoms with van der Waals surface area (Å²) in [6, 6.07) is 5.91. The smallest absolute Gasteiger partial charge is 0.254 e. The molecule has 3 heterocycles. The Bertz CT molecular complexity index is 1200. The van der Waals surface area contributed by atoms with Crippen molar-refractivity contribution in [2.45, 2.75) is 24.7 Å². The fourth-order valence-electron chi connectivity index (χ4n) is 5.18. The number of carbonyl (C=O) groups is 1. The molecule has 3 aliphatic heterocycles. The Morgan fingerprint density at radius 1 is 1.22 bits per heavy atom. The second-order valence-corrected chi connectivity index (χ2v) is 10.3. The number of ether oxygens (including phenoxy) is 1. The van der Waals surface area contributed by atoms with Crippen LogP contribution in [0.5, 0.6) is 0 Å². The Morgan fingerprint density at radius 2 is 2.00 bits per heavy atom. The molecule has 1 saturated heterocycles. The van der Waals surface area contributed by atoms with Crippen LogP contribution in [0.4, 0.5) is 5.69 Å². The van der Waals surface area contributed by atoms with Gasteiger partial charge in [-0.15, -0.1) is 0 Å². The molecule has 1 amide bonds. The molecule has 0 atom stereocenters. The Morgan fingerprint density at radius 3 is 2.76 bits per heavy atom. The van der Waals surface area contributed by atoms with Gasteiger partial charge in [-0.25, -0.2) is 4.99 Å². The van der Waals surface area contributed by atoms with Crippen molar-refractivity contribution >= 4 is 41.0 Å². The minimum absolute atomic E-state index is 0.00272. The SMILES string of the molecule is C=C/C=C(\C=C/COC)/C=C/CN1CCC2(CC1)CN(C(=O)C1=CC=NC(Cl)=CC1)c1ccc(Cl)cc12. The zero-order valence-electron chi connectivity index (χ0n) is 21.2. The maximum atomic E-state index is 13.6. The molecule has 1 spiro atoms. The van der Waals surface area contributed by atoms with Gasteiger partial charge in [-0.3, -0.25) is 9.69 Å². The van der Waals surface area contributed by atoms with Gasteiger partial charge in [0.15, 0.2) is 0 Å². The van der Waals surface area contributed by atoms with Crippen LogP contribution in [0.2, 0.25) is 5.02 Å². The standard InChI is InChI=1S/C30H33Cl2N3O2/c1-3-6-23(8-5-20-37-2)7-4-17-34-18-14-30(15-19-34)22-35(27-11-10-25(31)21-26(27)30)29(36)24-9-12-28(32)33-16-13-24/h3-8,10-13,16,21H,1,9,14-15,17-20,22H2,2H3/b7-4+,8-5-,23-6-. The first-order valence-electron chi connectivity index (χ1n) is 12.5. The molecule has 5 nitrogen and oxygen atoms in total. The summed E-state index contributed by atoms with van der Waals surface area (Å²) in [5, 5.41) is 1.11. The minimum Gasteiger partial charge on any atom is -0.381 e. The normalized spacial score (nSPS) is 19.9. The quantitative estimate of drug-likeness (QED) is 0.285. The maximum Gasteiger partial charge on any atom is 0.254 e. The van der Waals surface area contributed by atoms with E-state index in [1.165, 1.54) is 5.56 Å². The first kappa shape index (κ1) is 27.3. The van der Waals surface area contributed by atoms with E-state index in [4.69, 9.17) is 27.9 Å². The van der Waals surface area contributed by atoms with E-state index in [0.717, 1.165) is 43.7 Å². The summed E-state index contributed by atoms with van der Waals surface area (Å²) in [4.78, 5) is 22.1. The fourth-order valence-corrected chi connectivity index (χ4v) is 5.49. The van der Waals surface area contributed by atoms with Gasteiger partial charge in [0.05, 0.1) is 6.61 Å². The Hall–Kier alpha value is -2.70. The number of rotatable bonds is 8. The average Bonchev–Trinajstić information content (AvgIpc) is 3.03. The number of piperidine rings is 1. The monoisotopic (exact) mass is 537 g/mol. The lowest BCUT2D eigenvalue weighted by Crippen LogP contribution is -2.46. The van der Waals surface area contributed by atoms with E-state index in [2.05, 4.69) is 34.7 Å². The van der Waals surface area contributed by atoms with Gasteiger partial charge in [-0.05, 0) is 73.8 Å². The third-order valence-electron chi connectivity index (χ3n) is 7.14. The van der Waals surface area contributed by atoms with Crippen LogP contribution in [0.1, 0.15) is 24.8 Å². The van der Waals surface area contributed by atoms with Crippen molar-refractivity contribution < 1.29 is 9.53 Å². The van der Waals surface area contributed by atoms with Crippen LogP contribution in [0, 0.1) is 0 Å². The van der Waals surface area contributed by atoms with Gasteiger partial charge < -0.3 is 9.64 Å². The van der Waals surface area contributed by atoms with Crippen LogP contribution < -0.4 is 4.90 Å². The number of halogens is 2. The Balaban J connectivity index is 1.45. The zero-order chi connectivity index (χ0) is 26.3. The number of carbonyl (C=O) groups excluding carboxylic acids is 1. The van der Waals surface area contributed by atoms with Crippen molar-refractivity contribution in [1.29, 1.82) is 0 Å². The number of methoxy groups -OCH3 is 1. The number of aliphatic imine (C=N–C) groups is 1. The number of hydrogen-bond acceptors (Lipinski definition) is 4. The molecule has 0 radical (unpaired) electrons. The number of anilines is 1. The first-order chi connectivity index (χ1) is 18.0. The molecule has 1 aromatic carbocycles. The summed E-state index contributed by atoms with van der Waals surface area (Å²) in [7, 11) is 1.68. The van der Waals surface area contributed by atoms with Crippen molar-refractivity contribution in [2.75, 3.05) is 44.8 Å². The van der Waals surface area contributed by atoms with Gasteiger partial charge in [-0.2, -0.15) is 0 Å². The fraction of sp³-hybridized carbons (Fsp3) is 0.333. The predicted octanol–water partition coefficient (Wildman–Crippen LogP) is 6.37. The highest BCUT2D eigenvalue weighted by atomic mass is 35.5. The molecule has 0 N–H and O–H groups in total. The molecular formula is C30H33Cl2N3O2. The molecule has 0 saturated carbocycles. The maximum absolute atomic E-state index is 13.6. The number of fused-ring (bicyclic) bond motifs is 2. The third-order valence-corrected chi connectivity index (χ3v) is 7.62. The van der Waals surface area contributed by atoms with Crippen molar-refractivity contribution in [3.05, 3.63) is 100 Å². The molecule has 37 heavy (non-hydrogen) atoms. The summed E-state index contributed by atoms with van der Waals surface area (Å²) in [5.41, 5.74) is 3.81. The molecule has 0 aromatic heterocycles. The largest absolute Gasteiger partial charge is 0.381 e. The molecule has 1 fully saturated rings. The second kappa shape index (κ2) is 12.7. The summed E-state index contributed by atoms with van der Waals surface area (Å²) in [6.45, 7) is 7.82. The van der Waals surface area contributed by atoms with Crippen molar-refractivity contribution in [2.24, 2.45) is 4.99 Å². The van der Waals surface area contributed by atoms with E-state index in [1.54, 1.807) is 31.6 Å². The van der Waals surface area contributed by atoms with Crippen LogP contribution in [-0.4, -0.2) is 56.9 Å². The molecule has 194 valence electrons. The summed E-state index contributed by atoms with van der Waals surface area (Å²) in [6.07, 6.45) is 19.7. The first-order valence-corrected chi connectivity index (χ1v) is 13.3. The van der Waals surface area contributed by atoms with Gasteiger partial charge in [0.25, 0.3) is 5.91 Å². The number of likely N-dealkylation sites (tertiary alicyclic amines) is 1. The van der Waals surface area contributed by atoms with E-state index >= 15 is 0 Å². The summed E-state index contributed by atoms with van der Waals surface area (Å²) >= 11 is 12.5. The lowest BCUT2D eigenvalue weighted by Gasteiger charge is -2.39. The summed E-state index contributed by atoms with van der Waals surface area (Å²) < 4.78 is 5.09. The second-order valence-electron chi connectivity index (χ2n) is 9.50. The highest BCUT2D eigenvalue weighted by molar-refractivity contribution is 6.31. The van der Waals surface area contributed by atoms with Gasteiger partial charge in [0.2, 0.25) is 0 Å². The predicted molar refractivity (Wildman–Crippen MR) is 155 cm³/mol. The number of allylic oxidation sites excluding steroid dienone is 7. The molecule has 4 rings (SSSR count). The molecule has 0 unspecified atom stereocenters. The zero-order valence-corrected chi connectivity index (χ0v) is 22.7. The van der Waals surface area contributed by atoms with Gasteiger partial charge in [0, 0.05) is 48.1 Å². The van der Waals surface area contributed by atoms with Gasteiger partial charge in [-0.1, -0.05) is 66.2 Å². The van der Waals surface area contributed by atoms with Crippen LogP contribution in [0.3, 0.4) is 0 Å². The molecule has 3 aliphatic rings. The van der Waals surface area contributed by atoms with E-state index in [9.17, 15) is 4.79 Å². The molecule has 1 aromatic rings. The van der Waals surface area contributed by atoms with E-state index in [1.807, 2.05) is 35.3 Å². The van der Waals surface area contributed by atoms with Crippen LogP contribution in [0.25, 0.3) is 0 Å². The van der Waals surface area contributed by atoms with E-state index < -0.39 is 0 Å². The van der Waals surface area contributed by atoms with Crippen LogP contribution in [0.15, 0.2) is 94.7 Å². The third kappa shape index (κ3) is 6.60. The highest BCUT2D eigenvalue weighted by Gasteiger charge is 2.46. The number of amides is 1. The number of nitrogens with zero attached hydrogens (tertiary/aromatic N) is 3. The Labute approximate surface area is 229 Å². The van der Waals surface area contributed by atoms with Gasteiger partial charge in [0.1, 0.15) is 5.16 Å². The molecule has 0 aliphatic carbocycles. The number of hydrogen-bond donors (Lipinski definition) is 0. The van der Waals surface area contributed by atoms with Crippen molar-refractivity contribution in [3.63, 3.8) is 0 Å². The lowest BCUT2D eigenvalue weighted by molar-refractivity contribution is -0.115. The Kier molecular flexibility index (Phi) is 9.38. The van der Waals surface area contributed by atoms with Crippen molar-refractivity contribution in [3.8, 4) is 0 Å². The topological polar surface area (TPSA) is 45.1 Å². The molecular weight excluding hydrogens is 505 g/mol. The van der Waals surface area contributed by atoms with E-state index in [-0.39, 0.29) is 11.3 Å². The lowest BCUT2D eigenvalue weighted by atomic mass is 9.74. The van der Waals surface area contributed by atoms with Crippen LogP contribution >= 0.6 is 23.2 Å². The molecule has 0 bridgehead atoms. The van der Waals surface area contributed by atoms with E-state index in [0.29, 0.717) is 35.3 Å². The van der Waals surface area contributed by atoms with Crippen molar-refractivity contribution in [1.82, 2.24) is 4.90 Å². The van der Waals surface area contributed by atoms with Gasteiger partial charge >= 0.3 is 0 Å². The minimum atomic E-state index is -0.0975. The number of benzene rings is 1. The van der Waals surface area contributed by atoms with Crippen LogP contribution in [-0.2, 0) is 14.9 Å². The summed E-state index contributed by atoms with van der Waals surface area (Å²) in [5.74, 6) is 0.00272.